The third-order valence-corrected chi connectivity index (χ3v) is 3.08. The van der Waals surface area contributed by atoms with Crippen molar-refractivity contribution < 1.29 is 0 Å². The largest absolute Gasteiger partial charge is 0.384 e. The van der Waals surface area contributed by atoms with Gasteiger partial charge in [-0.3, -0.25) is 0 Å². The highest BCUT2D eigenvalue weighted by Gasteiger charge is 2.30. The Labute approximate surface area is 98.1 Å². The number of nitrogens with zero attached hydrogens (tertiary/aromatic N) is 2. The molecule has 0 amide bonds. The number of nitrogens with two attached hydrogens (primary N) is 1. The van der Waals surface area contributed by atoms with Crippen LogP contribution in [0.1, 0.15) is 64.0 Å². The molecule has 1 saturated carbocycles. The van der Waals surface area contributed by atoms with Gasteiger partial charge in [-0.2, -0.15) is 0 Å². The maximum atomic E-state index is 6.23. The molecule has 2 N–H and O–H groups in total. The van der Waals surface area contributed by atoms with Crippen LogP contribution in [0.15, 0.2) is 0 Å². The standard InChI is InChI=1S/C13H23N3/c1-8(2)7-11-12(14)16(10-5-6-10)13(15-11)9(3)4/h8-10H,5-7,14H2,1-4H3. The summed E-state index contributed by atoms with van der Waals surface area (Å²) in [6.07, 6.45) is 3.52. The molecule has 16 heavy (non-hydrogen) atoms. The molecule has 0 saturated heterocycles. The third kappa shape index (κ3) is 2.08. The lowest BCUT2D eigenvalue weighted by Gasteiger charge is -2.10. The Kier molecular flexibility index (Phi) is 2.96. The summed E-state index contributed by atoms with van der Waals surface area (Å²) in [5.74, 6) is 3.17. The fourth-order valence-electron chi connectivity index (χ4n) is 2.17. The Morgan fingerprint density at radius 2 is 1.94 bits per heavy atom. The van der Waals surface area contributed by atoms with Crippen LogP contribution in [-0.2, 0) is 6.42 Å². The maximum Gasteiger partial charge on any atom is 0.127 e. The van der Waals surface area contributed by atoms with Gasteiger partial charge in [0.1, 0.15) is 11.6 Å². The van der Waals surface area contributed by atoms with Gasteiger partial charge >= 0.3 is 0 Å². The number of nitrogen functional groups attached to an aromatic ring is 1. The topological polar surface area (TPSA) is 43.8 Å². The molecule has 1 aliphatic rings. The summed E-state index contributed by atoms with van der Waals surface area (Å²) in [7, 11) is 0. The van der Waals surface area contributed by atoms with E-state index in [1.807, 2.05) is 0 Å². The molecule has 90 valence electrons. The van der Waals surface area contributed by atoms with Gasteiger partial charge in [0.25, 0.3) is 0 Å². The number of hydrogen-bond acceptors (Lipinski definition) is 2. The fourth-order valence-corrected chi connectivity index (χ4v) is 2.17. The Morgan fingerprint density at radius 3 is 2.38 bits per heavy atom. The van der Waals surface area contributed by atoms with E-state index in [-0.39, 0.29) is 0 Å². The van der Waals surface area contributed by atoms with Crippen molar-refractivity contribution in [2.24, 2.45) is 5.92 Å². The Morgan fingerprint density at radius 1 is 1.31 bits per heavy atom. The van der Waals surface area contributed by atoms with Crippen molar-refractivity contribution in [2.45, 2.75) is 58.9 Å². The fraction of sp³-hybridized carbons (Fsp3) is 0.769. The molecular formula is C13H23N3. The number of anilines is 1. The molecular weight excluding hydrogens is 198 g/mol. The average molecular weight is 221 g/mol. The van der Waals surface area contributed by atoms with Crippen LogP contribution >= 0.6 is 0 Å². The molecule has 0 aliphatic heterocycles. The van der Waals surface area contributed by atoms with Crippen LogP contribution in [-0.4, -0.2) is 9.55 Å². The van der Waals surface area contributed by atoms with Gasteiger partial charge in [0, 0.05) is 12.0 Å². The molecule has 2 rings (SSSR count). The van der Waals surface area contributed by atoms with E-state index in [1.165, 1.54) is 18.7 Å². The summed E-state index contributed by atoms with van der Waals surface area (Å²) < 4.78 is 2.28. The van der Waals surface area contributed by atoms with E-state index in [4.69, 9.17) is 10.7 Å². The molecule has 0 bridgehead atoms. The van der Waals surface area contributed by atoms with Gasteiger partial charge < -0.3 is 10.3 Å². The monoisotopic (exact) mass is 221 g/mol. The normalized spacial score (nSPS) is 16.4. The number of aromatic nitrogens is 2. The van der Waals surface area contributed by atoms with Crippen molar-refractivity contribution in [1.29, 1.82) is 0 Å². The predicted molar refractivity (Wildman–Crippen MR) is 67.5 cm³/mol. The van der Waals surface area contributed by atoms with E-state index in [0.717, 1.165) is 17.9 Å². The van der Waals surface area contributed by atoms with Crippen molar-refractivity contribution in [1.82, 2.24) is 9.55 Å². The number of hydrogen-bond donors (Lipinski definition) is 1. The van der Waals surface area contributed by atoms with E-state index in [1.54, 1.807) is 0 Å². The average Bonchev–Trinajstić information content (AvgIpc) is 2.94. The maximum absolute atomic E-state index is 6.23. The highest BCUT2D eigenvalue weighted by atomic mass is 15.2. The molecule has 0 radical (unpaired) electrons. The van der Waals surface area contributed by atoms with Crippen LogP contribution in [0.5, 0.6) is 0 Å². The van der Waals surface area contributed by atoms with Crippen LogP contribution in [0.3, 0.4) is 0 Å². The van der Waals surface area contributed by atoms with Gasteiger partial charge in [0.15, 0.2) is 0 Å². The van der Waals surface area contributed by atoms with Crippen molar-refractivity contribution in [3.05, 3.63) is 11.5 Å². The summed E-state index contributed by atoms with van der Waals surface area (Å²) in [5, 5.41) is 0. The van der Waals surface area contributed by atoms with Crippen molar-refractivity contribution in [3.8, 4) is 0 Å². The van der Waals surface area contributed by atoms with Crippen LogP contribution in [0, 0.1) is 5.92 Å². The minimum Gasteiger partial charge on any atom is -0.384 e. The molecule has 1 aromatic heterocycles. The van der Waals surface area contributed by atoms with Crippen molar-refractivity contribution in [3.63, 3.8) is 0 Å². The molecule has 0 aromatic carbocycles. The van der Waals surface area contributed by atoms with Gasteiger partial charge in [-0.05, 0) is 25.2 Å². The molecule has 0 unspecified atom stereocenters. The van der Waals surface area contributed by atoms with Gasteiger partial charge in [0.2, 0.25) is 0 Å². The second-order valence-electron chi connectivity index (χ2n) is 5.66. The number of imidazole rings is 1. The molecule has 0 spiro atoms. The molecule has 1 aliphatic carbocycles. The van der Waals surface area contributed by atoms with Crippen molar-refractivity contribution >= 4 is 5.82 Å². The first-order valence-electron chi connectivity index (χ1n) is 6.37. The van der Waals surface area contributed by atoms with Gasteiger partial charge in [0.05, 0.1) is 5.69 Å². The quantitative estimate of drug-likeness (QED) is 0.849. The highest BCUT2D eigenvalue weighted by Crippen LogP contribution is 2.40. The molecule has 1 heterocycles. The second kappa shape index (κ2) is 4.11. The molecule has 1 fully saturated rings. The minimum absolute atomic E-state index is 0.462. The first-order valence-corrected chi connectivity index (χ1v) is 6.37. The first-order chi connectivity index (χ1) is 7.50. The summed E-state index contributed by atoms with van der Waals surface area (Å²) in [6, 6.07) is 0.630. The number of rotatable bonds is 4. The Balaban J connectivity index is 2.36. The zero-order chi connectivity index (χ0) is 11.9. The Bertz CT molecular complexity index is 373. The van der Waals surface area contributed by atoms with E-state index >= 15 is 0 Å². The van der Waals surface area contributed by atoms with E-state index in [2.05, 4.69) is 32.3 Å². The van der Waals surface area contributed by atoms with E-state index in [9.17, 15) is 0 Å². The zero-order valence-corrected chi connectivity index (χ0v) is 10.8. The smallest absolute Gasteiger partial charge is 0.127 e. The summed E-state index contributed by atoms with van der Waals surface area (Å²) in [6.45, 7) is 8.81. The first kappa shape index (κ1) is 11.5. The van der Waals surface area contributed by atoms with Gasteiger partial charge in [-0.15, -0.1) is 0 Å². The molecule has 1 aromatic rings. The van der Waals surface area contributed by atoms with E-state index in [0.29, 0.717) is 17.9 Å². The summed E-state index contributed by atoms with van der Waals surface area (Å²) in [5.41, 5.74) is 7.33. The van der Waals surface area contributed by atoms with Crippen LogP contribution in [0.2, 0.25) is 0 Å². The second-order valence-corrected chi connectivity index (χ2v) is 5.66. The molecule has 3 nitrogen and oxygen atoms in total. The zero-order valence-electron chi connectivity index (χ0n) is 10.8. The van der Waals surface area contributed by atoms with Crippen LogP contribution < -0.4 is 5.73 Å². The molecule has 0 atom stereocenters. The predicted octanol–water partition coefficient (Wildman–Crippen LogP) is 3.12. The highest BCUT2D eigenvalue weighted by molar-refractivity contribution is 5.40. The van der Waals surface area contributed by atoms with Gasteiger partial charge in [-0.25, -0.2) is 4.98 Å². The van der Waals surface area contributed by atoms with Gasteiger partial charge in [-0.1, -0.05) is 27.7 Å². The lowest BCUT2D eigenvalue weighted by Crippen LogP contribution is -2.07. The summed E-state index contributed by atoms with van der Waals surface area (Å²) >= 11 is 0. The summed E-state index contributed by atoms with van der Waals surface area (Å²) in [4.78, 5) is 4.75. The van der Waals surface area contributed by atoms with E-state index < -0.39 is 0 Å². The molecule has 3 heteroatoms. The SMILES string of the molecule is CC(C)Cc1nc(C(C)C)n(C2CC2)c1N. The minimum atomic E-state index is 0.462. The lowest BCUT2D eigenvalue weighted by molar-refractivity contribution is 0.634. The lowest BCUT2D eigenvalue weighted by atomic mass is 10.1. The van der Waals surface area contributed by atoms with Crippen molar-refractivity contribution in [2.75, 3.05) is 5.73 Å². The van der Waals surface area contributed by atoms with Crippen LogP contribution in [0.4, 0.5) is 5.82 Å². The Hall–Kier alpha value is -0.990. The van der Waals surface area contributed by atoms with Crippen LogP contribution in [0.25, 0.3) is 0 Å². The third-order valence-electron chi connectivity index (χ3n) is 3.08.